The second-order valence-electron chi connectivity index (χ2n) is 5.94. The van der Waals surface area contributed by atoms with Gasteiger partial charge >= 0.3 is 0 Å². The summed E-state index contributed by atoms with van der Waals surface area (Å²) in [6, 6.07) is 6.74. The number of nitrogens with zero attached hydrogens (tertiary/aromatic N) is 1. The smallest absolute Gasteiger partial charge is 0.300 e. The van der Waals surface area contributed by atoms with Crippen molar-refractivity contribution >= 4 is 33.4 Å². The molecule has 2 heterocycles. The third-order valence-electron chi connectivity index (χ3n) is 4.00. The quantitative estimate of drug-likeness (QED) is 0.742. The summed E-state index contributed by atoms with van der Waals surface area (Å²) in [6.07, 6.45) is 10.5. The van der Waals surface area contributed by atoms with Crippen molar-refractivity contribution in [3.63, 3.8) is 0 Å². The van der Waals surface area contributed by atoms with E-state index < -0.39 is 10.0 Å². The van der Waals surface area contributed by atoms with Crippen molar-refractivity contribution in [2.45, 2.75) is 13.0 Å². The average Bonchev–Trinajstić information content (AvgIpc) is 3.04. The Labute approximate surface area is 147 Å². The van der Waals surface area contributed by atoms with Gasteiger partial charge in [0.05, 0.1) is 6.26 Å². The van der Waals surface area contributed by atoms with Gasteiger partial charge in [-0.2, -0.15) is 0 Å². The lowest BCUT2D eigenvalue weighted by atomic mass is 9.91. The Morgan fingerprint density at radius 1 is 1.28 bits per heavy atom. The summed E-state index contributed by atoms with van der Waals surface area (Å²) < 4.78 is 25.1. The number of anilines is 1. The Kier molecular flexibility index (Phi) is 4.59. The van der Waals surface area contributed by atoms with Gasteiger partial charge in [0.25, 0.3) is 11.9 Å². The van der Waals surface area contributed by atoms with Crippen LogP contribution in [0.3, 0.4) is 0 Å². The minimum atomic E-state index is -3.31. The van der Waals surface area contributed by atoms with Crippen LogP contribution in [0.5, 0.6) is 0 Å². The predicted molar refractivity (Wildman–Crippen MR) is 98.3 cm³/mol. The number of allylic oxidation sites excluding steroid dienone is 2. The largest absolute Gasteiger partial charge is 0.309 e. The summed E-state index contributed by atoms with van der Waals surface area (Å²) in [5, 5.41) is 0. The van der Waals surface area contributed by atoms with Gasteiger partial charge in [-0.15, -0.1) is 0 Å². The van der Waals surface area contributed by atoms with Gasteiger partial charge in [0, 0.05) is 35.7 Å². The fraction of sp³-hybridized carbons (Fsp3) is 0.222. The van der Waals surface area contributed by atoms with Gasteiger partial charge in [-0.3, -0.25) is 9.52 Å². The maximum atomic E-state index is 12.5. The predicted octanol–water partition coefficient (Wildman–Crippen LogP) is 0.277. The highest BCUT2D eigenvalue weighted by Gasteiger charge is 2.39. The Bertz CT molecular complexity index is 909. The molecule has 2 N–H and O–H groups in total. The summed E-state index contributed by atoms with van der Waals surface area (Å²) in [6.45, 7) is 2.43. The summed E-state index contributed by atoms with van der Waals surface area (Å²) in [7, 11) is -3.31. The van der Waals surface area contributed by atoms with E-state index in [1.807, 2.05) is 43.5 Å². The van der Waals surface area contributed by atoms with Crippen LogP contribution < -0.4 is 9.71 Å². The highest BCUT2D eigenvalue weighted by Crippen LogP contribution is 2.31. The van der Waals surface area contributed by atoms with E-state index >= 15 is 0 Å². The monoisotopic (exact) mass is 358 g/mol. The van der Waals surface area contributed by atoms with E-state index in [9.17, 15) is 13.2 Å². The second kappa shape index (κ2) is 6.68. The van der Waals surface area contributed by atoms with Crippen molar-refractivity contribution in [1.29, 1.82) is 0 Å². The lowest BCUT2D eigenvalue weighted by molar-refractivity contribution is -0.467. The van der Waals surface area contributed by atoms with E-state index in [2.05, 4.69) is 9.71 Å². The van der Waals surface area contributed by atoms with Crippen molar-refractivity contribution in [3.8, 4) is 0 Å². The van der Waals surface area contributed by atoms with Crippen LogP contribution in [-0.2, 0) is 14.8 Å². The minimum absolute atomic E-state index is 0.0113. The number of carbonyl (C=O) groups is 1. The molecule has 25 heavy (non-hydrogen) atoms. The first-order valence-electron chi connectivity index (χ1n) is 7.90. The number of carbonyl (C=O) groups excluding carboxylic acids is 1. The van der Waals surface area contributed by atoms with Gasteiger partial charge in [0.1, 0.15) is 0 Å². The van der Waals surface area contributed by atoms with E-state index in [4.69, 9.17) is 0 Å². The van der Waals surface area contributed by atoms with Crippen molar-refractivity contribution in [1.82, 2.24) is 4.90 Å². The van der Waals surface area contributed by atoms with Crippen molar-refractivity contribution in [3.05, 3.63) is 59.8 Å². The first kappa shape index (κ1) is 17.2. The Hall–Kier alpha value is -2.67. The van der Waals surface area contributed by atoms with Crippen LogP contribution in [0.1, 0.15) is 12.5 Å². The molecular formula is C18H20N3O3S+. The standard InChI is InChI=1S/C18H19N3O3S/c1-3-4-11-21-12-16(15-9-10-19-17(15)18(21)22)13-5-7-14(8-6-13)20-25(2,23)24/h3-10,12,17,20H,11H2,1-2H3/p+1. The number of rotatable bonds is 5. The van der Waals surface area contributed by atoms with Crippen LogP contribution >= 0.6 is 0 Å². The SMILES string of the molecule is CC=CCN1C=C(c2ccc(NS(C)(=O)=O)cc2)C2=CC=[NH+]C2C1=O. The van der Waals surface area contributed by atoms with E-state index in [0.717, 1.165) is 23.0 Å². The van der Waals surface area contributed by atoms with Crippen LogP contribution in [0.25, 0.3) is 5.57 Å². The van der Waals surface area contributed by atoms with Gasteiger partial charge in [-0.05, 0) is 24.6 Å². The zero-order valence-corrected chi connectivity index (χ0v) is 14.9. The highest BCUT2D eigenvalue weighted by atomic mass is 32.2. The van der Waals surface area contributed by atoms with Crippen LogP contribution in [0, 0.1) is 0 Å². The molecule has 2 aliphatic rings. The Balaban J connectivity index is 1.94. The Morgan fingerprint density at radius 3 is 2.64 bits per heavy atom. The van der Waals surface area contributed by atoms with E-state index in [0.29, 0.717) is 12.2 Å². The van der Waals surface area contributed by atoms with Crippen LogP contribution in [-0.4, -0.2) is 44.3 Å². The van der Waals surface area contributed by atoms with Gasteiger partial charge in [0.2, 0.25) is 10.0 Å². The first-order chi connectivity index (χ1) is 11.9. The third kappa shape index (κ3) is 3.71. The molecule has 1 aromatic carbocycles. The van der Waals surface area contributed by atoms with E-state index in [1.165, 1.54) is 0 Å². The van der Waals surface area contributed by atoms with Gasteiger partial charge < -0.3 is 4.90 Å². The molecular weight excluding hydrogens is 338 g/mol. The summed E-state index contributed by atoms with van der Waals surface area (Å²) in [5.41, 5.74) is 3.29. The molecule has 0 spiro atoms. The topological polar surface area (TPSA) is 80.5 Å². The molecule has 130 valence electrons. The molecule has 0 saturated heterocycles. The van der Waals surface area contributed by atoms with Crippen molar-refractivity contribution in [2.75, 3.05) is 17.5 Å². The maximum absolute atomic E-state index is 12.5. The molecule has 0 bridgehead atoms. The first-order valence-corrected chi connectivity index (χ1v) is 9.79. The number of fused-ring (bicyclic) bond motifs is 1. The molecule has 0 aliphatic carbocycles. The number of nitrogens with one attached hydrogen (secondary N) is 2. The van der Waals surface area contributed by atoms with Crippen molar-refractivity contribution in [2.24, 2.45) is 0 Å². The molecule has 0 saturated carbocycles. The highest BCUT2D eigenvalue weighted by molar-refractivity contribution is 7.92. The fourth-order valence-corrected chi connectivity index (χ4v) is 3.43. The fourth-order valence-electron chi connectivity index (χ4n) is 2.86. The van der Waals surface area contributed by atoms with Crippen LogP contribution in [0.2, 0.25) is 0 Å². The molecule has 1 aromatic rings. The Morgan fingerprint density at radius 2 is 2.00 bits per heavy atom. The van der Waals surface area contributed by atoms with Gasteiger partial charge in [-0.25, -0.2) is 13.4 Å². The minimum Gasteiger partial charge on any atom is -0.309 e. The zero-order valence-electron chi connectivity index (χ0n) is 14.1. The molecule has 0 fully saturated rings. The molecule has 6 nitrogen and oxygen atoms in total. The lowest BCUT2D eigenvalue weighted by Gasteiger charge is -2.26. The van der Waals surface area contributed by atoms with E-state index in [1.54, 1.807) is 23.2 Å². The molecule has 3 rings (SSSR count). The number of hydrogen-bond donors (Lipinski definition) is 2. The molecule has 1 amide bonds. The average molecular weight is 358 g/mol. The van der Waals surface area contributed by atoms with E-state index in [-0.39, 0.29) is 11.9 Å². The molecule has 0 radical (unpaired) electrons. The third-order valence-corrected chi connectivity index (χ3v) is 4.61. The summed E-state index contributed by atoms with van der Waals surface area (Å²) in [4.78, 5) is 17.3. The molecule has 7 heteroatoms. The summed E-state index contributed by atoms with van der Waals surface area (Å²) in [5.74, 6) is 0.0113. The second-order valence-corrected chi connectivity index (χ2v) is 7.69. The van der Waals surface area contributed by atoms with Gasteiger partial charge in [-0.1, -0.05) is 24.3 Å². The number of sulfonamides is 1. The molecule has 0 aromatic heterocycles. The maximum Gasteiger partial charge on any atom is 0.300 e. The number of benzene rings is 1. The van der Waals surface area contributed by atoms with Crippen LogP contribution in [0.15, 0.2) is 54.3 Å². The summed E-state index contributed by atoms with van der Waals surface area (Å²) >= 11 is 0. The van der Waals surface area contributed by atoms with Gasteiger partial charge in [0.15, 0.2) is 6.21 Å². The zero-order chi connectivity index (χ0) is 18.0. The normalized spacial score (nSPS) is 19.8. The number of amides is 1. The molecule has 1 unspecified atom stereocenters. The lowest BCUT2D eigenvalue weighted by Crippen LogP contribution is -2.79. The van der Waals surface area contributed by atoms with Crippen LogP contribution in [0.4, 0.5) is 5.69 Å². The number of hydrogen-bond acceptors (Lipinski definition) is 3. The molecule has 2 aliphatic heterocycles. The van der Waals surface area contributed by atoms with Crippen molar-refractivity contribution < 1.29 is 18.2 Å². The molecule has 1 atom stereocenters.